The molecule has 25 heavy (non-hydrogen) atoms. The van der Waals surface area contributed by atoms with Crippen LogP contribution in [0.3, 0.4) is 0 Å². The highest BCUT2D eigenvalue weighted by Gasteiger charge is 2.29. The van der Waals surface area contributed by atoms with E-state index >= 15 is 0 Å². The van der Waals surface area contributed by atoms with Gasteiger partial charge in [-0.25, -0.2) is 12.8 Å². The maximum atomic E-state index is 12.9. The zero-order chi connectivity index (χ0) is 18.6. The van der Waals surface area contributed by atoms with Crippen LogP contribution in [0.2, 0.25) is 5.02 Å². The van der Waals surface area contributed by atoms with Crippen LogP contribution < -0.4 is 9.62 Å². The van der Waals surface area contributed by atoms with Gasteiger partial charge in [0.2, 0.25) is 15.9 Å². The van der Waals surface area contributed by atoms with E-state index in [0.29, 0.717) is 16.3 Å². The number of sulfonamides is 1. The average molecular weight is 385 g/mol. The quantitative estimate of drug-likeness (QED) is 0.832. The van der Waals surface area contributed by atoms with E-state index in [1.807, 2.05) is 0 Å². The molecule has 0 saturated heterocycles. The molecule has 0 aliphatic heterocycles. The molecule has 0 saturated carbocycles. The summed E-state index contributed by atoms with van der Waals surface area (Å²) >= 11 is 5.92. The largest absolute Gasteiger partial charge is 0.350 e. The third-order valence-corrected chi connectivity index (χ3v) is 5.01. The van der Waals surface area contributed by atoms with Gasteiger partial charge in [0.05, 0.1) is 11.9 Å². The van der Waals surface area contributed by atoms with Crippen molar-refractivity contribution in [3.05, 3.63) is 64.9 Å². The van der Waals surface area contributed by atoms with Crippen molar-refractivity contribution in [3.63, 3.8) is 0 Å². The number of hydrogen-bond acceptors (Lipinski definition) is 3. The van der Waals surface area contributed by atoms with E-state index in [2.05, 4.69) is 5.32 Å². The Morgan fingerprint density at radius 1 is 1.24 bits per heavy atom. The van der Waals surface area contributed by atoms with E-state index in [4.69, 9.17) is 11.6 Å². The summed E-state index contributed by atoms with van der Waals surface area (Å²) in [7, 11) is -3.70. The standard InChI is InChI=1S/C17H18ClFN2O3S/c1-12(17(22)20-11-13-6-8-15(19)9-7-13)21(25(2,23)24)16-5-3-4-14(18)10-16/h3-10,12H,11H2,1-2H3,(H,20,22)/t12-/m0/s1. The summed E-state index contributed by atoms with van der Waals surface area (Å²) < 4.78 is 38.2. The van der Waals surface area contributed by atoms with Crippen molar-refractivity contribution in [1.29, 1.82) is 0 Å². The summed E-state index contributed by atoms with van der Waals surface area (Å²) in [5, 5.41) is 3.02. The molecule has 0 spiro atoms. The van der Waals surface area contributed by atoms with Gasteiger partial charge in [0.25, 0.3) is 0 Å². The van der Waals surface area contributed by atoms with Gasteiger partial charge in [-0.2, -0.15) is 0 Å². The second-order valence-electron chi connectivity index (χ2n) is 5.56. The molecular formula is C17H18ClFN2O3S. The van der Waals surface area contributed by atoms with Crippen LogP contribution in [0.4, 0.5) is 10.1 Å². The molecule has 2 aromatic rings. The predicted octanol–water partition coefficient (Wildman–Crippen LogP) is 2.95. The highest BCUT2D eigenvalue weighted by atomic mass is 35.5. The Kier molecular flexibility index (Phi) is 6.02. The van der Waals surface area contributed by atoms with Crippen molar-refractivity contribution in [2.75, 3.05) is 10.6 Å². The van der Waals surface area contributed by atoms with Gasteiger partial charge < -0.3 is 5.32 Å². The third kappa shape index (κ3) is 5.17. The molecule has 2 rings (SSSR count). The van der Waals surface area contributed by atoms with Gasteiger partial charge in [-0.3, -0.25) is 9.10 Å². The van der Waals surface area contributed by atoms with Gasteiger partial charge in [0.15, 0.2) is 0 Å². The van der Waals surface area contributed by atoms with Crippen LogP contribution in [0, 0.1) is 5.82 Å². The lowest BCUT2D eigenvalue weighted by Gasteiger charge is -2.28. The first kappa shape index (κ1) is 19.2. The summed E-state index contributed by atoms with van der Waals surface area (Å²) in [6, 6.07) is 11.0. The fraction of sp³-hybridized carbons (Fsp3) is 0.235. The van der Waals surface area contributed by atoms with Gasteiger partial charge in [0.1, 0.15) is 11.9 Å². The maximum absolute atomic E-state index is 12.9. The first-order valence-electron chi connectivity index (χ1n) is 7.45. The molecule has 1 N–H and O–H groups in total. The number of benzene rings is 2. The van der Waals surface area contributed by atoms with Crippen molar-refractivity contribution < 1.29 is 17.6 Å². The van der Waals surface area contributed by atoms with E-state index in [0.717, 1.165) is 10.6 Å². The molecule has 0 radical (unpaired) electrons. The van der Waals surface area contributed by atoms with Gasteiger partial charge >= 0.3 is 0 Å². The minimum atomic E-state index is -3.70. The van der Waals surface area contributed by atoms with Crippen molar-refractivity contribution in [2.24, 2.45) is 0 Å². The molecule has 0 unspecified atom stereocenters. The molecule has 0 heterocycles. The fourth-order valence-corrected chi connectivity index (χ4v) is 3.71. The second-order valence-corrected chi connectivity index (χ2v) is 7.85. The number of halogens is 2. The minimum absolute atomic E-state index is 0.163. The molecule has 8 heteroatoms. The lowest BCUT2D eigenvalue weighted by molar-refractivity contribution is -0.122. The molecule has 0 aliphatic carbocycles. The highest BCUT2D eigenvalue weighted by molar-refractivity contribution is 7.92. The fourth-order valence-electron chi connectivity index (χ4n) is 2.36. The molecule has 0 aromatic heterocycles. The maximum Gasteiger partial charge on any atom is 0.243 e. The summed E-state index contributed by atoms with van der Waals surface area (Å²) in [6.45, 7) is 1.65. The van der Waals surface area contributed by atoms with Crippen LogP contribution >= 0.6 is 11.6 Å². The zero-order valence-electron chi connectivity index (χ0n) is 13.7. The van der Waals surface area contributed by atoms with E-state index < -0.39 is 22.0 Å². The van der Waals surface area contributed by atoms with E-state index in [-0.39, 0.29) is 12.4 Å². The lowest BCUT2D eigenvalue weighted by atomic mass is 10.2. The molecule has 5 nitrogen and oxygen atoms in total. The molecule has 1 amide bonds. The topological polar surface area (TPSA) is 66.5 Å². The van der Waals surface area contributed by atoms with Crippen molar-refractivity contribution >= 4 is 33.2 Å². The molecule has 134 valence electrons. The number of anilines is 1. The van der Waals surface area contributed by atoms with Crippen molar-refractivity contribution in [1.82, 2.24) is 5.32 Å². The van der Waals surface area contributed by atoms with Crippen LogP contribution in [0.25, 0.3) is 0 Å². The summed E-state index contributed by atoms with van der Waals surface area (Å²) in [5.74, 6) is -0.845. The van der Waals surface area contributed by atoms with E-state index in [9.17, 15) is 17.6 Å². The Hall–Kier alpha value is -2.12. The molecule has 0 aliphatic rings. The predicted molar refractivity (Wildman–Crippen MR) is 96.5 cm³/mol. The van der Waals surface area contributed by atoms with E-state index in [1.54, 1.807) is 30.3 Å². The molecule has 0 bridgehead atoms. The van der Waals surface area contributed by atoms with Gasteiger partial charge in [0, 0.05) is 11.6 Å². The number of nitrogens with one attached hydrogen (secondary N) is 1. The number of carbonyl (C=O) groups excluding carboxylic acids is 1. The zero-order valence-corrected chi connectivity index (χ0v) is 15.3. The number of rotatable bonds is 6. The number of nitrogens with zero attached hydrogens (tertiary/aromatic N) is 1. The molecule has 2 aromatic carbocycles. The Morgan fingerprint density at radius 2 is 1.88 bits per heavy atom. The Morgan fingerprint density at radius 3 is 2.44 bits per heavy atom. The van der Waals surface area contributed by atoms with Gasteiger partial charge in [-0.15, -0.1) is 0 Å². The first-order valence-corrected chi connectivity index (χ1v) is 9.68. The first-order chi connectivity index (χ1) is 11.7. The van der Waals surface area contributed by atoms with Gasteiger partial charge in [-0.1, -0.05) is 29.8 Å². The average Bonchev–Trinajstić information content (AvgIpc) is 2.53. The Balaban J connectivity index is 2.17. The lowest BCUT2D eigenvalue weighted by Crippen LogP contribution is -2.47. The van der Waals surface area contributed by atoms with Crippen LogP contribution in [0.1, 0.15) is 12.5 Å². The third-order valence-electron chi connectivity index (χ3n) is 3.53. The van der Waals surface area contributed by atoms with Crippen molar-refractivity contribution in [2.45, 2.75) is 19.5 Å². The van der Waals surface area contributed by atoms with Crippen LogP contribution in [-0.2, 0) is 21.4 Å². The van der Waals surface area contributed by atoms with E-state index in [1.165, 1.54) is 25.1 Å². The smallest absolute Gasteiger partial charge is 0.243 e. The highest BCUT2D eigenvalue weighted by Crippen LogP contribution is 2.24. The molecule has 0 fully saturated rings. The number of hydrogen-bond donors (Lipinski definition) is 1. The van der Waals surface area contributed by atoms with Crippen LogP contribution in [0.5, 0.6) is 0 Å². The molecule has 1 atom stereocenters. The van der Waals surface area contributed by atoms with Crippen molar-refractivity contribution in [3.8, 4) is 0 Å². The normalized spacial score (nSPS) is 12.5. The summed E-state index contributed by atoms with van der Waals surface area (Å²) in [6.07, 6.45) is 1.03. The Bertz CT molecular complexity index is 856. The Labute approximate surface area is 151 Å². The monoisotopic (exact) mass is 384 g/mol. The van der Waals surface area contributed by atoms with Crippen LogP contribution in [0.15, 0.2) is 48.5 Å². The van der Waals surface area contributed by atoms with Gasteiger partial charge in [-0.05, 0) is 42.8 Å². The van der Waals surface area contributed by atoms with Crippen LogP contribution in [-0.4, -0.2) is 26.6 Å². The number of amides is 1. The minimum Gasteiger partial charge on any atom is -0.350 e. The summed E-state index contributed by atoms with van der Waals surface area (Å²) in [4.78, 5) is 12.4. The summed E-state index contributed by atoms with van der Waals surface area (Å²) in [5.41, 5.74) is 1.01. The SMILES string of the molecule is C[C@@H](C(=O)NCc1ccc(F)cc1)N(c1cccc(Cl)c1)S(C)(=O)=O. The number of carbonyl (C=O) groups is 1. The second kappa shape index (κ2) is 7.84. The molecular weight excluding hydrogens is 367 g/mol.